The first-order chi connectivity index (χ1) is 17.4. The largest absolute Gasteiger partial charge is 0.274 e. The lowest BCUT2D eigenvalue weighted by Crippen LogP contribution is -1.95. The summed E-state index contributed by atoms with van der Waals surface area (Å²) in [5, 5.41) is 3.54. The molecule has 0 atom stereocenters. The first-order valence-electron chi connectivity index (χ1n) is 12.1. The summed E-state index contributed by atoms with van der Waals surface area (Å²) in [6, 6.07) is 26.4. The maximum Gasteiger partial charge on any atom is 0.178 e. The molecule has 2 aliphatic rings. The summed E-state index contributed by atoms with van der Waals surface area (Å²) in [6.45, 7) is 0. The zero-order chi connectivity index (χ0) is 22.7. The van der Waals surface area contributed by atoms with Gasteiger partial charge in [0.2, 0.25) is 0 Å². The van der Waals surface area contributed by atoms with Gasteiger partial charge < -0.3 is 0 Å². The van der Waals surface area contributed by atoms with E-state index in [1.54, 1.807) is 0 Å². The first kappa shape index (κ1) is 17.8. The topological polar surface area (TPSA) is 43.1 Å². The van der Waals surface area contributed by atoms with Crippen LogP contribution in [0, 0.1) is 0 Å². The Bertz CT molecular complexity index is 2070. The van der Waals surface area contributed by atoms with Crippen molar-refractivity contribution in [2.24, 2.45) is 0 Å². The molecule has 4 heterocycles. The fourth-order valence-corrected chi connectivity index (χ4v) is 6.55. The number of rotatable bonds is 0. The van der Waals surface area contributed by atoms with Gasteiger partial charge in [0.05, 0.1) is 5.52 Å². The first-order valence-corrected chi connectivity index (χ1v) is 12.1. The summed E-state index contributed by atoms with van der Waals surface area (Å²) in [5.41, 5.74) is 14.8. The van der Waals surface area contributed by atoms with Gasteiger partial charge in [-0.2, -0.15) is 0 Å². The van der Waals surface area contributed by atoms with Crippen LogP contribution in [0.4, 0.5) is 0 Å². The molecular formula is C31H18N4. The quantitative estimate of drug-likeness (QED) is 0.243. The SMILES string of the molecule is c1ccc2c(c1)Cc1ccc3c(c1-2)Cc1ccc2c4cccnc4n4c5cccnc5nc4c2c1-3. The Morgan fingerprint density at radius 2 is 1.46 bits per heavy atom. The predicted molar refractivity (Wildman–Crippen MR) is 140 cm³/mol. The highest BCUT2D eigenvalue weighted by Crippen LogP contribution is 2.50. The second-order valence-corrected chi connectivity index (χ2v) is 9.65. The van der Waals surface area contributed by atoms with Crippen LogP contribution >= 0.6 is 0 Å². The van der Waals surface area contributed by atoms with E-state index in [4.69, 9.17) is 9.97 Å². The standard InChI is InChI=1S/C31H18N4/c1-2-6-20-17(5-1)15-18-9-12-22-24(26(18)20)16-19-10-11-21-23-7-3-14-33-30(23)35-25-8-4-13-32-29(25)34-31(35)28(21)27(19)22/h1-14H,15-16H2. The van der Waals surface area contributed by atoms with Crippen molar-refractivity contribution < 1.29 is 0 Å². The van der Waals surface area contributed by atoms with E-state index in [1.165, 1.54) is 55.3 Å². The average Bonchev–Trinajstić information content (AvgIpc) is 3.59. The summed E-state index contributed by atoms with van der Waals surface area (Å²) in [5.74, 6) is 0. The third-order valence-corrected chi connectivity index (χ3v) is 7.94. The van der Waals surface area contributed by atoms with Gasteiger partial charge in [0.15, 0.2) is 5.65 Å². The van der Waals surface area contributed by atoms with E-state index >= 15 is 0 Å². The van der Waals surface area contributed by atoms with Crippen LogP contribution < -0.4 is 0 Å². The second kappa shape index (κ2) is 6.10. The molecule has 0 bridgehead atoms. The summed E-state index contributed by atoms with van der Waals surface area (Å²) in [6.07, 6.45) is 5.65. The maximum atomic E-state index is 5.06. The number of fused-ring (bicyclic) bond motifs is 16. The van der Waals surface area contributed by atoms with E-state index < -0.39 is 0 Å². The zero-order valence-corrected chi connectivity index (χ0v) is 18.8. The van der Waals surface area contributed by atoms with E-state index in [-0.39, 0.29) is 0 Å². The Morgan fingerprint density at radius 3 is 2.46 bits per heavy atom. The van der Waals surface area contributed by atoms with Crippen LogP contribution in [0.1, 0.15) is 22.3 Å². The summed E-state index contributed by atoms with van der Waals surface area (Å²) in [7, 11) is 0. The van der Waals surface area contributed by atoms with Crippen LogP contribution in [-0.4, -0.2) is 19.4 Å². The zero-order valence-electron chi connectivity index (χ0n) is 18.8. The summed E-state index contributed by atoms with van der Waals surface area (Å²) >= 11 is 0. The monoisotopic (exact) mass is 446 g/mol. The highest BCUT2D eigenvalue weighted by molar-refractivity contribution is 6.19. The van der Waals surface area contributed by atoms with Gasteiger partial charge in [-0.1, -0.05) is 48.5 Å². The highest BCUT2D eigenvalue weighted by Gasteiger charge is 2.30. The van der Waals surface area contributed by atoms with Gasteiger partial charge in [-0.3, -0.25) is 4.40 Å². The molecular weight excluding hydrogens is 428 g/mol. The van der Waals surface area contributed by atoms with E-state index in [1.807, 2.05) is 24.5 Å². The molecule has 0 saturated carbocycles. The molecule has 162 valence electrons. The van der Waals surface area contributed by atoms with Crippen LogP contribution in [0.2, 0.25) is 0 Å². The Balaban J connectivity index is 1.48. The van der Waals surface area contributed by atoms with Gasteiger partial charge in [0, 0.05) is 23.2 Å². The molecule has 4 aromatic heterocycles. The highest BCUT2D eigenvalue weighted by atomic mass is 15.1. The normalized spacial score (nSPS) is 13.5. The molecule has 0 spiro atoms. The molecule has 4 nitrogen and oxygen atoms in total. The third-order valence-electron chi connectivity index (χ3n) is 7.94. The van der Waals surface area contributed by atoms with Crippen LogP contribution in [0.25, 0.3) is 60.9 Å². The van der Waals surface area contributed by atoms with Crippen LogP contribution in [0.15, 0.2) is 85.2 Å². The Kier molecular flexibility index (Phi) is 3.11. The summed E-state index contributed by atoms with van der Waals surface area (Å²) in [4.78, 5) is 14.4. The van der Waals surface area contributed by atoms with Gasteiger partial charge in [-0.25, -0.2) is 15.0 Å². The van der Waals surface area contributed by atoms with Crippen molar-refractivity contribution in [3.05, 3.63) is 107 Å². The minimum absolute atomic E-state index is 0.755. The number of aromatic nitrogens is 4. The molecule has 7 aromatic rings. The molecule has 4 heteroatoms. The van der Waals surface area contributed by atoms with Gasteiger partial charge >= 0.3 is 0 Å². The Morgan fingerprint density at radius 1 is 0.600 bits per heavy atom. The van der Waals surface area contributed by atoms with E-state index in [9.17, 15) is 0 Å². The molecule has 0 N–H and O–H groups in total. The smallest absolute Gasteiger partial charge is 0.178 e. The minimum Gasteiger partial charge on any atom is -0.274 e. The van der Waals surface area contributed by atoms with Crippen LogP contribution in [0.5, 0.6) is 0 Å². The summed E-state index contributed by atoms with van der Waals surface area (Å²) < 4.78 is 2.20. The second-order valence-electron chi connectivity index (χ2n) is 9.65. The Labute approximate surface area is 200 Å². The van der Waals surface area contributed by atoms with Crippen LogP contribution in [-0.2, 0) is 12.8 Å². The molecule has 2 aliphatic carbocycles. The lowest BCUT2D eigenvalue weighted by Gasteiger charge is -2.13. The average molecular weight is 447 g/mol. The number of benzene rings is 3. The predicted octanol–water partition coefficient (Wildman–Crippen LogP) is 6.73. The van der Waals surface area contributed by atoms with E-state index in [2.05, 4.69) is 70.0 Å². The van der Waals surface area contributed by atoms with Gasteiger partial charge in [0.1, 0.15) is 11.3 Å². The molecule has 3 aromatic carbocycles. The molecule has 0 aliphatic heterocycles. The fourth-order valence-electron chi connectivity index (χ4n) is 6.55. The molecule has 0 unspecified atom stereocenters. The Hall–Kier alpha value is -4.57. The molecule has 0 fully saturated rings. The minimum atomic E-state index is 0.755. The lowest BCUT2D eigenvalue weighted by molar-refractivity contribution is 1.23. The number of pyridine rings is 3. The van der Waals surface area contributed by atoms with Crippen molar-refractivity contribution in [2.45, 2.75) is 12.8 Å². The van der Waals surface area contributed by atoms with Gasteiger partial charge in [0.25, 0.3) is 0 Å². The van der Waals surface area contributed by atoms with Crippen molar-refractivity contribution in [1.29, 1.82) is 0 Å². The maximum absolute atomic E-state index is 5.06. The number of hydrogen-bond donors (Lipinski definition) is 0. The van der Waals surface area contributed by atoms with Crippen molar-refractivity contribution in [1.82, 2.24) is 19.4 Å². The van der Waals surface area contributed by atoms with Crippen molar-refractivity contribution in [3.63, 3.8) is 0 Å². The van der Waals surface area contributed by atoms with Crippen LogP contribution in [0.3, 0.4) is 0 Å². The van der Waals surface area contributed by atoms with Crippen molar-refractivity contribution in [2.75, 3.05) is 0 Å². The molecule has 0 amide bonds. The molecule has 35 heavy (non-hydrogen) atoms. The van der Waals surface area contributed by atoms with Crippen molar-refractivity contribution in [3.8, 4) is 22.3 Å². The molecule has 0 saturated heterocycles. The number of nitrogens with zero attached hydrogens (tertiary/aromatic N) is 4. The van der Waals surface area contributed by atoms with Crippen molar-refractivity contribution >= 4 is 38.6 Å². The molecule has 9 rings (SSSR count). The number of imidazole rings is 1. The van der Waals surface area contributed by atoms with E-state index in [0.29, 0.717) is 0 Å². The van der Waals surface area contributed by atoms with E-state index in [0.717, 1.165) is 40.7 Å². The lowest BCUT2D eigenvalue weighted by atomic mass is 9.94. The van der Waals surface area contributed by atoms with Gasteiger partial charge in [-0.05, 0) is 87.0 Å². The van der Waals surface area contributed by atoms with Gasteiger partial charge in [-0.15, -0.1) is 0 Å². The molecule has 0 radical (unpaired) electrons. The number of hydrogen-bond acceptors (Lipinski definition) is 3. The third kappa shape index (κ3) is 2.11. The fraction of sp³-hybridized carbons (Fsp3) is 0.0645.